The number of para-hydroxylation sites is 2. The molecule has 12 heteroatoms. The van der Waals surface area contributed by atoms with Gasteiger partial charge in [0.05, 0.1) is 13.2 Å². The van der Waals surface area contributed by atoms with Crippen LogP contribution in [-0.2, 0) is 15.8 Å². The summed E-state index contributed by atoms with van der Waals surface area (Å²) < 4.78 is 30.7. The highest BCUT2D eigenvalue weighted by Crippen LogP contribution is 2.44. The Morgan fingerprint density at radius 1 is 0.977 bits per heavy atom. The van der Waals surface area contributed by atoms with Crippen LogP contribution < -0.4 is 30.1 Å². The third kappa shape index (κ3) is 9.06. The molecule has 222 valence electrons. The first-order valence-electron chi connectivity index (χ1n) is 13.8. The maximum atomic E-state index is 13.8. The fourth-order valence-electron chi connectivity index (χ4n) is 4.12. The van der Waals surface area contributed by atoms with Crippen molar-refractivity contribution in [3.05, 3.63) is 114 Å². The van der Waals surface area contributed by atoms with Gasteiger partial charge < -0.3 is 29.7 Å². The lowest BCUT2D eigenvalue weighted by Gasteiger charge is -2.28. The van der Waals surface area contributed by atoms with E-state index in [0.717, 1.165) is 11.4 Å². The molecule has 1 aliphatic heterocycles. The Morgan fingerprint density at radius 2 is 1.60 bits per heavy atom. The number of hydrogen-bond acceptors (Lipinski definition) is 9. The third-order valence-electron chi connectivity index (χ3n) is 6.26. The van der Waals surface area contributed by atoms with Crippen molar-refractivity contribution in [2.24, 2.45) is 10.7 Å². The maximum absolute atomic E-state index is 13.8. The number of benzene rings is 3. The van der Waals surface area contributed by atoms with E-state index < -0.39 is 7.75 Å². The molecule has 1 fully saturated rings. The molecular weight excluding hydrogens is 565 g/mol. The van der Waals surface area contributed by atoms with E-state index in [9.17, 15) is 4.57 Å². The third-order valence-corrected chi connectivity index (χ3v) is 7.66. The van der Waals surface area contributed by atoms with Crippen LogP contribution in [0.15, 0.2) is 102 Å². The van der Waals surface area contributed by atoms with Crippen molar-refractivity contribution >= 4 is 31.4 Å². The van der Waals surface area contributed by atoms with Gasteiger partial charge in [0.15, 0.2) is 11.8 Å². The van der Waals surface area contributed by atoms with Gasteiger partial charge in [0.1, 0.15) is 29.7 Å². The molecule has 1 saturated heterocycles. The number of aryl methyl sites for hydroxylation is 1. The highest BCUT2D eigenvalue weighted by atomic mass is 31.2. The molecule has 43 heavy (non-hydrogen) atoms. The minimum atomic E-state index is -4.02. The first-order chi connectivity index (χ1) is 20.9. The first kappa shape index (κ1) is 29.6. The number of aromatic nitrogens is 2. The van der Waals surface area contributed by atoms with Crippen LogP contribution >= 0.6 is 7.75 Å². The van der Waals surface area contributed by atoms with Crippen LogP contribution in [0.5, 0.6) is 11.5 Å². The van der Waals surface area contributed by atoms with E-state index in [0.29, 0.717) is 49.4 Å². The van der Waals surface area contributed by atoms with Gasteiger partial charge in [-0.2, -0.15) is 0 Å². The quantitative estimate of drug-likeness (QED) is 0.117. The van der Waals surface area contributed by atoms with E-state index >= 15 is 0 Å². The van der Waals surface area contributed by atoms with Gasteiger partial charge in [-0.15, -0.1) is 0 Å². The molecule has 5 rings (SSSR count). The number of rotatable bonds is 11. The second-order valence-corrected chi connectivity index (χ2v) is 11.2. The predicted molar refractivity (Wildman–Crippen MR) is 169 cm³/mol. The van der Waals surface area contributed by atoms with Gasteiger partial charge in [0, 0.05) is 25.4 Å². The minimum absolute atomic E-state index is 0.0179. The van der Waals surface area contributed by atoms with Crippen molar-refractivity contribution in [1.82, 2.24) is 15.1 Å². The van der Waals surface area contributed by atoms with E-state index in [4.69, 9.17) is 24.5 Å². The van der Waals surface area contributed by atoms with Crippen molar-refractivity contribution in [2.75, 3.05) is 36.5 Å². The first-order valence-corrected chi connectivity index (χ1v) is 15.4. The normalized spacial score (nSPS) is 14.0. The van der Waals surface area contributed by atoms with Crippen molar-refractivity contribution in [1.29, 1.82) is 0 Å². The standard InChI is InChI=1S/C31H34N7O4P/c1-24-12-14-25(15-13-24)16-17-33-28-22-30(38-18-20-40-21-19-38)36-29(35-28)23-34-31(32)37-43(39,41-26-8-4-2-5-9-26)42-27-10-6-3-7-11-27/h2-17,22H,18-21,23H2,1H3,(H,33,35,36)(H3,32,34,37,39)/b17-16+. The Balaban J connectivity index is 1.34. The molecule has 0 amide bonds. The molecule has 1 aliphatic rings. The van der Waals surface area contributed by atoms with Crippen molar-refractivity contribution in [3.8, 4) is 11.5 Å². The second-order valence-electron chi connectivity index (χ2n) is 9.63. The Kier molecular flexibility index (Phi) is 9.89. The molecule has 0 aliphatic carbocycles. The predicted octanol–water partition coefficient (Wildman–Crippen LogP) is 5.37. The Bertz CT molecular complexity index is 1530. The van der Waals surface area contributed by atoms with E-state index in [-0.39, 0.29) is 12.5 Å². The number of nitrogens with zero attached hydrogens (tertiary/aromatic N) is 4. The lowest BCUT2D eigenvalue weighted by molar-refractivity contribution is 0.122. The summed E-state index contributed by atoms with van der Waals surface area (Å²) in [4.78, 5) is 15.8. The molecule has 1 aromatic heterocycles. The van der Waals surface area contributed by atoms with Crippen molar-refractivity contribution in [2.45, 2.75) is 13.5 Å². The number of nitrogens with one attached hydrogen (secondary N) is 2. The molecule has 0 bridgehead atoms. The summed E-state index contributed by atoms with van der Waals surface area (Å²) in [5.41, 5.74) is 8.44. The van der Waals surface area contributed by atoms with Crippen LogP contribution in [-0.4, -0.2) is 42.2 Å². The lowest BCUT2D eigenvalue weighted by Crippen LogP contribution is -2.37. The number of ether oxygens (including phenoxy) is 1. The van der Waals surface area contributed by atoms with Crippen molar-refractivity contribution < 1.29 is 18.3 Å². The summed E-state index contributed by atoms with van der Waals surface area (Å²) in [6.07, 6.45) is 3.80. The zero-order valence-corrected chi connectivity index (χ0v) is 24.7. The lowest BCUT2D eigenvalue weighted by atomic mass is 10.1. The molecule has 0 radical (unpaired) electrons. The van der Waals surface area contributed by atoms with E-state index in [2.05, 4.69) is 44.3 Å². The smallest absolute Gasteiger partial charge is 0.400 e. The fourth-order valence-corrected chi connectivity index (χ4v) is 5.40. The van der Waals surface area contributed by atoms with Gasteiger partial charge in [-0.25, -0.2) is 24.6 Å². The van der Waals surface area contributed by atoms with Crippen LogP contribution in [0.4, 0.5) is 11.6 Å². The molecule has 11 nitrogen and oxygen atoms in total. The molecule has 4 aromatic rings. The number of hydrogen-bond donors (Lipinski definition) is 3. The van der Waals surface area contributed by atoms with Gasteiger partial charge in [-0.05, 0) is 42.8 Å². The number of anilines is 2. The van der Waals surface area contributed by atoms with Crippen LogP contribution in [0.25, 0.3) is 6.08 Å². The van der Waals surface area contributed by atoms with Crippen LogP contribution in [0, 0.1) is 6.92 Å². The zero-order chi connectivity index (χ0) is 29.9. The van der Waals surface area contributed by atoms with E-state index in [1.54, 1.807) is 48.5 Å². The monoisotopic (exact) mass is 599 g/mol. The number of morpholine rings is 1. The van der Waals surface area contributed by atoms with E-state index in [1.807, 2.05) is 42.6 Å². The van der Waals surface area contributed by atoms with Crippen LogP contribution in [0.1, 0.15) is 17.0 Å². The van der Waals surface area contributed by atoms with E-state index in [1.165, 1.54) is 5.56 Å². The Labute approximate surface area is 251 Å². The highest BCUT2D eigenvalue weighted by molar-refractivity contribution is 7.53. The fraction of sp³-hybridized carbons (Fsp3) is 0.194. The van der Waals surface area contributed by atoms with Gasteiger partial charge in [-0.3, -0.25) is 0 Å². The maximum Gasteiger partial charge on any atom is 0.544 e. The molecule has 0 spiro atoms. The van der Waals surface area contributed by atoms with Crippen molar-refractivity contribution in [3.63, 3.8) is 0 Å². The molecule has 3 aromatic carbocycles. The summed E-state index contributed by atoms with van der Waals surface area (Å²) in [5, 5.41) is 5.88. The second kappa shape index (κ2) is 14.4. The average Bonchev–Trinajstić information content (AvgIpc) is 3.02. The number of guanidine groups is 1. The van der Waals surface area contributed by atoms with Gasteiger partial charge in [-0.1, -0.05) is 66.2 Å². The average molecular weight is 600 g/mol. The highest BCUT2D eigenvalue weighted by Gasteiger charge is 2.30. The Hall–Kier alpha value is -4.86. The molecule has 4 N–H and O–H groups in total. The molecular formula is C31H34N7O4P. The number of aliphatic imine (C=N–C) groups is 1. The molecule has 2 heterocycles. The number of nitrogens with two attached hydrogens (primary N) is 1. The van der Waals surface area contributed by atoms with Gasteiger partial charge in [0.25, 0.3) is 0 Å². The largest absolute Gasteiger partial charge is 0.544 e. The summed E-state index contributed by atoms with van der Waals surface area (Å²) in [6.45, 7) is 4.71. The SMILES string of the molecule is Cc1ccc(/C=C/Nc2cc(N3CCOCC3)nc(CN=C(N)NP(=O)(Oc3ccccc3)Oc3ccccc3)n2)cc1. The topological polar surface area (TPSA) is 136 Å². The van der Waals surface area contributed by atoms with Crippen LogP contribution in [0.3, 0.4) is 0 Å². The molecule has 0 unspecified atom stereocenters. The zero-order valence-electron chi connectivity index (χ0n) is 23.8. The minimum Gasteiger partial charge on any atom is -0.400 e. The molecule has 0 atom stereocenters. The Morgan fingerprint density at radius 3 is 2.23 bits per heavy atom. The van der Waals surface area contributed by atoms with Gasteiger partial charge in [0.2, 0.25) is 0 Å². The summed E-state index contributed by atoms with van der Waals surface area (Å²) in [7, 11) is -4.02. The summed E-state index contributed by atoms with van der Waals surface area (Å²) >= 11 is 0. The van der Waals surface area contributed by atoms with Gasteiger partial charge >= 0.3 is 7.75 Å². The van der Waals surface area contributed by atoms with Crippen LogP contribution in [0.2, 0.25) is 0 Å². The molecule has 0 saturated carbocycles. The summed E-state index contributed by atoms with van der Waals surface area (Å²) in [5.74, 6) is 2.30. The summed E-state index contributed by atoms with van der Waals surface area (Å²) in [6, 6.07) is 27.5.